The molecule has 0 bridgehead atoms. The van der Waals surface area contributed by atoms with Crippen molar-refractivity contribution in [1.29, 1.82) is 0 Å². The average Bonchev–Trinajstić information content (AvgIpc) is 2.54. The van der Waals surface area contributed by atoms with Crippen molar-refractivity contribution in [3.8, 4) is 11.1 Å². The molecule has 0 saturated carbocycles. The number of esters is 1. The predicted molar refractivity (Wildman–Crippen MR) is 88.2 cm³/mol. The van der Waals surface area contributed by atoms with Crippen LogP contribution in [-0.2, 0) is 4.74 Å². The van der Waals surface area contributed by atoms with E-state index in [4.69, 9.17) is 16.3 Å². The fourth-order valence-electron chi connectivity index (χ4n) is 2.65. The van der Waals surface area contributed by atoms with Gasteiger partial charge in [-0.25, -0.2) is 9.18 Å². The number of hydrogen-bond acceptors (Lipinski definition) is 3. The number of aryl methyl sites for hydroxylation is 1. The lowest BCUT2D eigenvalue weighted by atomic mass is 9.94. The number of fused-ring (bicyclic) bond motifs is 1. The van der Waals surface area contributed by atoms with E-state index >= 15 is 0 Å². The standard InChI is InChI=1S/C18H13ClFNO2/c1-10-16(18(22)23-2)17(12-5-3-4-6-14(12)20)13-9-11(19)7-8-15(13)21-10/h3-9H,1-2H3. The van der Waals surface area contributed by atoms with E-state index < -0.39 is 11.8 Å². The first-order valence-electron chi connectivity index (χ1n) is 6.96. The van der Waals surface area contributed by atoms with Crippen LogP contribution in [0.1, 0.15) is 16.1 Å². The highest BCUT2D eigenvalue weighted by molar-refractivity contribution is 6.31. The maximum Gasteiger partial charge on any atom is 0.340 e. The van der Waals surface area contributed by atoms with Gasteiger partial charge in [0.1, 0.15) is 5.82 Å². The zero-order chi connectivity index (χ0) is 16.6. The summed E-state index contributed by atoms with van der Waals surface area (Å²) in [5, 5.41) is 1.09. The molecule has 3 aromatic rings. The van der Waals surface area contributed by atoms with E-state index in [1.807, 2.05) is 0 Å². The van der Waals surface area contributed by atoms with Crippen molar-refractivity contribution in [3.05, 3.63) is 64.6 Å². The first-order chi connectivity index (χ1) is 11.0. The van der Waals surface area contributed by atoms with E-state index in [1.165, 1.54) is 13.2 Å². The Labute approximate surface area is 137 Å². The van der Waals surface area contributed by atoms with Gasteiger partial charge in [0.05, 0.1) is 23.9 Å². The van der Waals surface area contributed by atoms with Gasteiger partial charge in [0.2, 0.25) is 0 Å². The molecule has 0 spiro atoms. The predicted octanol–water partition coefficient (Wildman–Crippen LogP) is 4.79. The van der Waals surface area contributed by atoms with Crippen LogP contribution in [0.25, 0.3) is 22.0 Å². The van der Waals surface area contributed by atoms with Crippen molar-refractivity contribution in [1.82, 2.24) is 4.98 Å². The summed E-state index contributed by atoms with van der Waals surface area (Å²) in [6.45, 7) is 1.70. The third-order valence-electron chi connectivity index (χ3n) is 3.66. The zero-order valence-corrected chi connectivity index (χ0v) is 13.3. The van der Waals surface area contributed by atoms with Gasteiger partial charge in [-0.3, -0.25) is 4.98 Å². The highest BCUT2D eigenvalue weighted by atomic mass is 35.5. The van der Waals surface area contributed by atoms with Gasteiger partial charge in [0.15, 0.2) is 0 Å². The second-order valence-electron chi connectivity index (χ2n) is 5.08. The third kappa shape index (κ3) is 2.66. The van der Waals surface area contributed by atoms with Gasteiger partial charge in [0, 0.05) is 21.5 Å². The number of benzene rings is 2. The molecule has 0 amide bonds. The fraction of sp³-hybridized carbons (Fsp3) is 0.111. The summed E-state index contributed by atoms with van der Waals surface area (Å²) in [6.07, 6.45) is 0. The fourth-order valence-corrected chi connectivity index (χ4v) is 2.83. The van der Waals surface area contributed by atoms with Crippen molar-refractivity contribution >= 4 is 28.5 Å². The molecular weight excluding hydrogens is 317 g/mol. The second kappa shape index (κ2) is 5.97. The van der Waals surface area contributed by atoms with Crippen LogP contribution < -0.4 is 0 Å². The summed E-state index contributed by atoms with van der Waals surface area (Å²) in [5.74, 6) is -0.986. The molecule has 2 aromatic carbocycles. The lowest BCUT2D eigenvalue weighted by molar-refractivity contribution is 0.0600. The summed E-state index contributed by atoms with van der Waals surface area (Å²) < 4.78 is 19.2. The Balaban J connectivity index is 2.51. The van der Waals surface area contributed by atoms with Gasteiger partial charge < -0.3 is 4.74 Å². The monoisotopic (exact) mass is 329 g/mol. The second-order valence-corrected chi connectivity index (χ2v) is 5.52. The Kier molecular flexibility index (Phi) is 4.01. The summed E-state index contributed by atoms with van der Waals surface area (Å²) in [5.41, 5.74) is 2.11. The molecule has 3 nitrogen and oxygen atoms in total. The molecule has 23 heavy (non-hydrogen) atoms. The summed E-state index contributed by atoms with van der Waals surface area (Å²) in [6, 6.07) is 11.4. The minimum Gasteiger partial charge on any atom is -0.465 e. The molecule has 3 rings (SSSR count). The summed E-state index contributed by atoms with van der Waals surface area (Å²) >= 11 is 6.09. The Morgan fingerprint density at radius 3 is 2.65 bits per heavy atom. The lowest BCUT2D eigenvalue weighted by Gasteiger charge is -2.15. The van der Waals surface area contributed by atoms with Gasteiger partial charge in [-0.05, 0) is 31.2 Å². The number of nitrogens with zero attached hydrogens (tertiary/aromatic N) is 1. The van der Waals surface area contributed by atoms with E-state index in [0.29, 0.717) is 32.7 Å². The van der Waals surface area contributed by atoms with Crippen LogP contribution in [0.2, 0.25) is 5.02 Å². The molecule has 1 aromatic heterocycles. The van der Waals surface area contributed by atoms with Crippen LogP contribution >= 0.6 is 11.6 Å². The zero-order valence-electron chi connectivity index (χ0n) is 12.6. The molecule has 0 aliphatic rings. The molecule has 116 valence electrons. The number of rotatable bonds is 2. The molecule has 0 aliphatic carbocycles. The van der Waals surface area contributed by atoms with E-state index in [2.05, 4.69) is 4.98 Å². The lowest BCUT2D eigenvalue weighted by Crippen LogP contribution is -2.09. The highest BCUT2D eigenvalue weighted by Gasteiger charge is 2.22. The topological polar surface area (TPSA) is 39.2 Å². The van der Waals surface area contributed by atoms with Crippen LogP contribution in [0.15, 0.2) is 42.5 Å². The summed E-state index contributed by atoms with van der Waals surface area (Å²) in [4.78, 5) is 16.7. The van der Waals surface area contributed by atoms with Gasteiger partial charge in [0.25, 0.3) is 0 Å². The number of ether oxygens (including phenoxy) is 1. The molecule has 0 atom stereocenters. The molecule has 0 aliphatic heterocycles. The Bertz CT molecular complexity index is 924. The molecule has 0 unspecified atom stereocenters. The SMILES string of the molecule is COC(=O)c1c(C)nc2ccc(Cl)cc2c1-c1ccccc1F. The first kappa shape index (κ1) is 15.4. The number of hydrogen-bond donors (Lipinski definition) is 0. The van der Waals surface area contributed by atoms with Gasteiger partial charge in [-0.2, -0.15) is 0 Å². The molecule has 1 heterocycles. The third-order valence-corrected chi connectivity index (χ3v) is 3.90. The van der Waals surface area contributed by atoms with Gasteiger partial charge in [-0.15, -0.1) is 0 Å². The van der Waals surface area contributed by atoms with Crippen molar-refractivity contribution in [2.45, 2.75) is 6.92 Å². The Hall–Kier alpha value is -2.46. The van der Waals surface area contributed by atoms with Crippen LogP contribution in [0.5, 0.6) is 0 Å². The largest absolute Gasteiger partial charge is 0.465 e. The van der Waals surface area contributed by atoms with Crippen molar-refractivity contribution in [2.24, 2.45) is 0 Å². The number of aromatic nitrogens is 1. The van der Waals surface area contributed by atoms with E-state index in [9.17, 15) is 9.18 Å². The molecule has 0 N–H and O–H groups in total. The van der Waals surface area contributed by atoms with Crippen molar-refractivity contribution in [2.75, 3.05) is 7.11 Å². The molecular formula is C18H13ClFNO2. The molecule has 5 heteroatoms. The van der Waals surface area contributed by atoms with Gasteiger partial charge in [-0.1, -0.05) is 29.8 Å². The van der Waals surface area contributed by atoms with Crippen LogP contribution in [0, 0.1) is 12.7 Å². The maximum absolute atomic E-state index is 14.4. The van der Waals surface area contributed by atoms with Gasteiger partial charge >= 0.3 is 5.97 Å². The van der Waals surface area contributed by atoms with Crippen molar-refractivity contribution in [3.63, 3.8) is 0 Å². The average molecular weight is 330 g/mol. The van der Waals surface area contributed by atoms with E-state index in [0.717, 1.165) is 0 Å². The summed E-state index contributed by atoms with van der Waals surface area (Å²) in [7, 11) is 1.29. The molecule has 0 fully saturated rings. The quantitative estimate of drug-likeness (QED) is 0.634. The Morgan fingerprint density at radius 2 is 1.96 bits per heavy atom. The minimum atomic E-state index is -0.560. The number of pyridine rings is 1. The number of halogens is 2. The normalized spacial score (nSPS) is 10.8. The van der Waals surface area contributed by atoms with E-state index in [-0.39, 0.29) is 5.56 Å². The molecule has 0 saturated heterocycles. The number of carbonyl (C=O) groups excluding carboxylic acids is 1. The minimum absolute atomic E-state index is 0.243. The number of methoxy groups -OCH3 is 1. The van der Waals surface area contributed by atoms with Crippen LogP contribution in [0.4, 0.5) is 4.39 Å². The smallest absolute Gasteiger partial charge is 0.340 e. The Morgan fingerprint density at radius 1 is 1.22 bits per heavy atom. The number of carbonyl (C=O) groups is 1. The highest BCUT2D eigenvalue weighted by Crippen LogP contribution is 2.36. The first-order valence-corrected chi connectivity index (χ1v) is 7.34. The van der Waals surface area contributed by atoms with Crippen LogP contribution in [-0.4, -0.2) is 18.1 Å². The molecule has 0 radical (unpaired) electrons. The maximum atomic E-state index is 14.4. The van der Waals surface area contributed by atoms with E-state index in [1.54, 1.807) is 43.3 Å². The van der Waals surface area contributed by atoms with Crippen molar-refractivity contribution < 1.29 is 13.9 Å². The van der Waals surface area contributed by atoms with Crippen LogP contribution in [0.3, 0.4) is 0 Å².